The molecule has 2 N–H and O–H groups in total. The molecular weight excluding hydrogens is 268 g/mol. The Labute approximate surface area is 125 Å². The van der Waals surface area contributed by atoms with Gasteiger partial charge in [-0.15, -0.1) is 0 Å². The fourth-order valence-electron chi connectivity index (χ4n) is 2.58. The van der Waals surface area contributed by atoms with E-state index in [1.165, 1.54) is 0 Å². The van der Waals surface area contributed by atoms with Gasteiger partial charge in [0.15, 0.2) is 0 Å². The third kappa shape index (κ3) is 3.82. The number of nitrogens with zero attached hydrogens (tertiary/aromatic N) is 1. The van der Waals surface area contributed by atoms with Crippen molar-refractivity contribution in [1.29, 1.82) is 0 Å². The van der Waals surface area contributed by atoms with Crippen molar-refractivity contribution in [2.75, 3.05) is 19.7 Å². The largest absolute Gasteiger partial charge is 0.396 e. The highest BCUT2D eigenvalue weighted by molar-refractivity contribution is 5.97. The Morgan fingerprint density at radius 3 is 2.86 bits per heavy atom. The molecule has 21 heavy (non-hydrogen) atoms. The van der Waals surface area contributed by atoms with Crippen LogP contribution in [0.15, 0.2) is 24.3 Å². The molecule has 1 aromatic rings. The predicted octanol–water partition coefficient (Wildman–Crippen LogP) is 0.954. The van der Waals surface area contributed by atoms with Crippen molar-refractivity contribution in [2.24, 2.45) is 5.92 Å². The monoisotopic (exact) mass is 290 g/mol. The minimum Gasteiger partial charge on any atom is -0.396 e. The third-order valence-corrected chi connectivity index (χ3v) is 3.85. The molecule has 1 aliphatic rings. The van der Waals surface area contributed by atoms with Crippen molar-refractivity contribution in [3.8, 4) is 0 Å². The van der Waals surface area contributed by atoms with Crippen molar-refractivity contribution in [1.82, 2.24) is 10.2 Å². The molecule has 0 bridgehead atoms. The minimum absolute atomic E-state index is 0.0908. The fourth-order valence-corrected chi connectivity index (χ4v) is 2.58. The van der Waals surface area contributed by atoms with E-state index in [4.69, 9.17) is 5.11 Å². The number of benzene rings is 1. The number of likely N-dealkylation sites (tertiary alicyclic amines) is 1. The summed E-state index contributed by atoms with van der Waals surface area (Å²) in [4.78, 5) is 26.1. The molecule has 2 unspecified atom stereocenters. The first-order valence-electron chi connectivity index (χ1n) is 7.28. The van der Waals surface area contributed by atoms with Crippen LogP contribution in [0.1, 0.15) is 29.3 Å². The van der Waals surface area contributed by atoms with E-state index in [0.717, 1.165) is 12.0 Å². The number of hydrogen-bond acceptors (Lipinski definition) is 3. The second kappa shape index (κ2) is 6.72. The zero-order valence-electron chi connectivity index (χ0n) is 12.5. The zero-order chi connectivity index (χ0) is 15.4. The highest BCUT2D eigenvalue weighted by atomic mass is 16.3. The summed E-state index contributed by atoms with van der Waals surface area (Å²) in [5.74, 6) is -0.168. The van der Waals surface area contributed by atoms with Gasteiger partial charge in [-0.25, -0.2) is 0 Å². The molecule has 5 heteroatoms. The SMILES string of the molecule is Cc1cccc(C(=O)NC(C)C(=O)N2CCC(CO)C2)c1. The summed E-state index contributed by atoms with van der Waals surface area (Å²) in [5, 5.41) is 11.9. The average Bonchev–Trinajstić information content (AvgIpc) is 2.95. The number of carbonyl (C=O) groups excluding carboxylic acids is 2. The maximum Gasteiger partial charge on any atom is 0.251 e. The summed E-state index contributed by atoms with van der Waals surface area (Å²) < 4.78 is 0. The molecule has 2 atom stereocenters. The smallest absolute Gasteiger partial charge is 0.251 e. The number of amides is 2. The first kappa shape index (κ1) is 15.5. The van der Waals surface area contributed by atoms with Gasteiger partial charge in [0.25, 0.3) is 5.91 Å². The van der Waals surface area contributed by atoms with Crippen LogP contribution in [0.2, 0.25) is 0 Å². The lowest BCUT2D eigenvalue weighted by atomic mass is 10.1. The van der Waals surface area contributed by atoms with E-state index in [1.54, 1.807) is 24.0 Å². The lowest BCUT2D eigenvalue weighted by Gasteiger charge is -2.21. The molecule has 1 saturated heterocycles. The second-order valence-corrected chi connectivity index (χ2v) is 5.69. The Hall–Kier alpha value is -1.88. The molecule has 0 saturated carbocycles. The van der Waals surface area contributed by atoms with E-state index >= 15 is 0 Å². The lowest BCUT2D eigenvalue weighted by Crippen LogP contribution is -2.46. The van der Waals surface area contributed by atoms with Crippen LogP contribution in [-0.2, 0) is 4.79 Å². The van der Waals surface area contributed by atoms with E-state index in [9.17, 15) is 9.59 Å². The van der Waals surface area contributed by atoms with Crippen molar-refractivity contribution >= 4 is 11.8 Å². The van der Waals surface area contributed by atoms with Crippen LogP contribution in [-0.4, -0.2) is 47.6 Å². The Balaban J connectivity index is 1.93. The predicted molar refractivity (Wildman–Crippen MR) is 79.9 cm³/mol. The van der Waals surface area contributed by atoms with Crippen LogP contribution in [0.4, 0.5) is 0 Å². The number of aliphatic hydroxyl groups excluding tert-OH is 1. The van der Waals surface area contributed by atoms with Crippen molar-refractivity contribution in [2.45, 2.75) is 26.3 Å². The van der Waals surface area contributed by atoms with Gasteiger partial charge in [-0.2, -0.15) is 0 Å². The fraction of sp³-hybridized carbons (Fsp3) is 0.500. The number of carbonyl (C=O) groups is 2. The van der Waals surface area contributed by atoms with Gasteiger partial charge < -0.3 is 15.3 Å². The molecule has 2 rings (SSSR count). The molecule has 114 valence electrons. The Bertz CT molecular complexity index is 530. The van der Waals surface area contributed by atoms with Gasteiger partial charge in [0.2, 0.25) is 5.91 Å². The maximum absolute atomic E-state index is 12.3. The van der Waals surface area contributed by atoms with E-state index < -0.39 is 6.04 Å². The highest BCUT2D eigenvalue weighted by Crippen LogP contribution is 2.16. The number of aryl methyl sites for hydroxylation is 1. The molecule has 0 aliphatic carbocycles. The van der Waals surface area contributed by atoms with Gasteiger partial charge in [-0.3, -0.25) is 9.59 Å². The maximum atomic E-state index is 12.3. The van der Waals surface area contributed by atoms with Gasteiger partial charge in [0, 0.05) is 31.2 Å². The molecular formula is C16H22N2O3. The van der Waals surface area contributed by atoms with E-state index in [2.05, 4.69) is 5.32 Å². The highest BCUT2D eigenvalue weighted by Gasteiger charge is 2.29. The molecule has 2 amide bonds. The van der Waals surface area contributed by atoms with Gasteiger partial charge in [0.05, 0.1) is 0 Å². The molecule has 1 aromatic carbocycles. The van der Waals surface area contributed by atoms with Crippen LogP contribution < -0.4 is 5.32 Å². The van der Waals surface area contributed by atoms with Crippen molar-refractivity contribution in [3.05, 3.63) is 35.4 Å². The summed E-state index contributed by atoms with van der Waals surface area (Å²) in [7, 11) is 0. The van der Waals surface area contributed by atoms with Gasteiger partial charge in [0.1, 0.15) is 6.04 Å². The van der Waals surface area contributed by atoms with Crippen LogP contribution in [0.25, 0.3) is 0 Å². The Kier molecular flexibility index (Phi) is 4.96. The van der Waals surface area contributed by atoms with Gasteiger partial charge in [-0.1, -0.05) is 17.7 Å². The van der Waals surface area contributed by atoms with Crippen LogP contribution in [0.3, 0.4) is 0 Å². The van der Waals surface area contributed by atoms with E-state index in [0.29, 0.717) is 18.7 Å². The second-order valence-electron chi connectivity index (χ2n) is 5.69. The summed E-state index contributed by atoms with van der Waals surface area (Å²) in [6.07, 6.45) is 0.820. The van der Waals surface area contributed by atoms with Gasteiger partial charge in [-0.05, 0) is 32.4 Å². The first-order valence-corrected chi connectivity index (χ1v) is 7.28. The number of hydrogen-bond donors (Lipinski definition) is 2. The van der Waals surface area contributed by atoms with Gasteiger partial charge >= 0.3 is 0 Å². The first-order chi connectivity index (χ1) is 10.0. The average molecular weight is 290 g/mol. The van der Waals surface area contributed by atoms with E-state index in [1.807, 2.05) is 19.1 Å². The summed E-state index contributed by atoms with van der Waals surface area (Å²) in [6.45, 7) is 4.94. The molecule has 5 nitrogen and oxygen atoms in total. The third-order valence-electron chi connectivity index (χ3n) is 3.85. The normalized spacial score (nSPS) is 19.4. The summed E-state index contributed by atoms with van der Waals surface area (Å²) in [5.41, 5.74) is 1.57. The summed E-state index contributed by atoms with van der Waals surface area (Å²) in [6, 6.07) is 6.71. The van der Waals surface area contributed by atoms with Crippen molar-refractivity contribution in [3.63, 3.8) is 0 Å². The molecule has 0 aromatic heterocycles. The van der Waals surface area contributed by atoms with Crippen LogP contribution in [0, 0.1) is 12.8 Å². The topological polar surface area (TPSA) is 69.6 Å². The molecule has 0 radical (unpaired) electrons. The lowest BCUT2D eigenvalue weighted by molar-refractivity contribution is -0.131. The van der Waals surface area contributed by atoms with E-state index in [-0.39, 0.29) is 24.3 Å². The Morgan fingerprint density at radius 2 is 2.24 bits per heavy atom. The number of aliphatic hydroxyl groups is 1. The van der Waals surface area contributed by atoms with Crippen molar-refractivity contribution < 1.29 is 14.7 Å². The quantitative estimate of drug-likeness (QED) is 0.867. The zero-order valence-corrected chi connectivity index (χ0v) is 12.5. The standard InChI is InChI=1S/C16H22N2O3/c1-11-4-3-5-14(8-11)15(20)17-12(2)16(21)18-7-6-13(9-18)10-19/h3-5,8,12-13,19H,6-7,9-10H2,1-2H3,(H,17,20). The molecule has 1 fully saturated rings. The minimum atomic E-state index is -0.560. The number of rotatable bonds is 4. The summed E-state index contributed by atoms with van der Waals surface area (Å²) >= 11 is 0. The van der Waals surface area contributed by atoms with Crippen LogP contribution >= 0.6 is 0 Å². The molecule has 1 aliphatic heterocycles. The molecule has 0 spiro atoms. The Morgan fingerprint density at radius 1 is 1.48 bits per heavy atom. The molecule has 1 heterocycles. The number of nitrogens with one attached hydrogen (secondary N) is 1. The van der Waals surface area contributed by atoms with Crippen LogP contribution in [0.5, 0.6) is 0 Å².